The molecule has 4 nitrogen and oxygen atoms in total. The Balaban J connectivity index is 1.10. The predicted molar refractivity (Wildman–Crippen MR) is 135 cm³/mol. The molecule has 2 fully saturated rings. The monoisotopic (exact) mass is 502 g/mol. The summed E-state index contributed by atoms with van der Waals surface area (Å²) in [6, 6.07) is 9.33. The number of halogens is 3. The third-order valence-electron chi connectivity index (χ3n) is 7.82. The van der Waals surface area contributed by atoms with Crippen molar-refractivity contribution in [3.05, 3.63) is 64.7 Å². The third kappa shape index (κ3) is 6.61. The summed E-state index contributed by atoms with van der Waals surface area (Å²) in [5.74, 6) is -1.41. The quantitative estimate of drug-likeness (QED) is 0.399. The van der Waals surface area contributed by atoms with E-state index >= 15 is 0 Å². The van der Waals surface area contributed by atoms with E-state index < -0.39 is 17.7 Å². The molecule has 0 saturated carbocycles. The summed E-state index contributed by atoms with van der Waals surface area (Å²) in [6.45, 7) is 4.92. The van der Waals surface area contributed by atoms with E-state index in [-0.39, 0.29) is 23.6 Å². The van der Waals surface area contributed by atoms with Crippen molar-refractivity contribution in [1.29, 1.82) is 0 Å². The zero-order valence-electron chi connectivity index (χ0n) is 21.1. The lowest BCUT2D eigenvalue weighted by molar-refractivity contribution is -0.131. The van der Waals surface area contributed by atoms with E-state index in [1.165, 1.54) is 18.2 Å². The number of hydrogen-bond donors (Lipinski definition) is 1. The van der Waals surface area contributed by atoms with Crippen LogP contribution in [0.3, 0.4) is 0 Å². The lowest BCUT2D eigenvalue weighted by Crippen LogP contribution is -2.41. The predicted octanol–water partition coefficient (Wildman–Crippen LogP) is 6.11. The molecule has 0 radical (unpaired) electrons. The largest absolute Gasteiger partial charge is 0.505 e. The molecule has 2 heterocycles. The molecular weight excluding hydrogens is 465 g/mol. The fourth-order valence-corrected chi connectivity index (χ4v) is 5.56. The highest BCUT2D eigenvalue weighted by molar-refractivity contribution is 5.80. The molecule has 36 heavy (non-hydrogen) atoms. The lowest BCUT2D eigenvalue weighted by atomic mass is 9.87. The van der Waals surface area contributed by atoms with Crippen LogP contribution in [-0.4, -0.2) is 53.2 Å². The maximum Gasteiger partial charge on any atom is 0.226 e. The van der Waals surface area contributed by atoms with E-state index in [0.29, 0.717) is 30.6 Å². The molecule has 2 saturated heterocycles. The Morgan fingerprint density at radius 2 is 1.78 bits per heavy atom. The van der Waals surface area contributed by atoms with Crippen LogP contribution in [0.5, 0.6) is 5.75 Å². The minimum Gasteiger partial charge on any atom is -0.505 e. The highest BCUT2D eigenvalue weighted by Crippen LogP contribution is 2.33. The van der Waals surface area contributed by atoms with Crippen LogP contribution in [-0.2, 0) is 11.3 Å². The Morgan fingerprint density at radius 3 is 2.53 bits per heavy atom. The van der Waals surface area contributed by atoms with Gasteiger partial charge in [0.15, 0.2) is 11.6 Å². The summed E-state index contributed by atoms with van der Waals surface area (Å²) in [4.78, 5) is 16.7. The number of hydrogen-bond acceptors (Lipinski definition) is 3. The molecule has 7 heteroatoms. The molecule has 1 unspecified atom stereocenters. The van der Waals surface area contributed by atoms with Crippen molar-refractivity contribution in [2.24, 2.45) is 5.92 Å². The van der Waals surface area contributed by atoms with Gasteiger partial charge in [0.1, 0.15) is 12.0 Å². The highest BCUT2D eigenvalue weighted by atomic mass is 19.1. The molecule has 3 atom stereocenters. The van der Waals surface area contributed by atoms with Crippen LogP contribution in [0.1, 0.15) is 67.6 Å². The second-order valence-corrected chi connectivity index (χ2v) is 10.5. The number of likely N-dealkylation sites (tertiary alicyclic amines) is 2. The second-order valence-electron chi connectivity index (χ2n) is 10.5. The van der Waals surface area contributed by atoms with Crippen LogP contribution in [0, 0.1) is 24.5 Å². The average molecular weight is 503 g/mol. The van der Waals surface area contributed by atoms with E-state index in [4.69, 9.17) is 0 Å². The number of alkyl halides is 1. The molecule has 4 rings (SSSR count). The standard InChI is InChI=1S/C29H37F3N2O2/c1-20-7-8-21(16-25(20)30)18-34-15-11-22(29(34)36)6-4-2-3-5-13-33-14-12-24(27(32)19-33)23-9-10-28(35)26(31)17-23/h7-10,16-17,22,24,27,35H,2-6,11-15,18-19H2,1H3/t22?,24-,27+/m1/s1. The fourth-order valence-electron chi connectivity index (χ4n) is 5.56. The van der Waals surface area contributed by atoms with Crippen LogP contribution in [0.4, 0.5) is 13.2 Å². The average Bonchev–Trinajstić information content (AvgIpc) is 3.19. The Hall–Kier alpha value is -2.54. The SMILES string of the molecule is Cc1ccc(CN2CCC(CCCCCCN3CC[C@H](c4ccc(O)c(F)c4)[C@@H](F)C3)C2=O)cc1F. The van der Waals surface area contributed by atoms with Gasteiger partial charge in [-0.2, -0.15) is 0 Å². The highest BCUT2D eigenvalue weighted by Gasteiger charge is 2.32. The van der Waals surface area contributed by atoms with Gasteiger partial charge >= 0.3 is 0 Å². The summed E-state index contributed by atoms with van der Waals surface area (Å²) in [6.07, 6.45) is 5.45. The number of phenols is 1. The van der Waals surface area contributed by atoms with Gasteiger partial charge < -0.3 is 14.9 Å². The van der Waals surface area contributed by atoms with Gasteiger partial charge in [0, 0.05) is 31.5 Å². The van der Waals surface area contributed by atoms with Crippen LogP contribution in [0.15, 0.2) is 36.4 Å². The molecular formula is C29H37F3N2O2. The first-order valence-electron chi connectivity index (χ1n) is 13.2. The number of amides is 1. The Morgan fingerprint density at radius 1 is 0.972 bits per heavy atom. The molecule has 2 aliphatic rings. The maximum absolute atomic E-state index is 14.8. The first kappa shape index (κ1) is 26.5. The first-order valence-corrected chi connectivity index (χ1v) is 13.2. The summed E-state index contributed by atoms with van der Waals surface area (Å²) in [7, 11) is 0. The van der Waals surface area contributed by atoms with Crippen molar-refractivity contribution in [3.63, 3.8) is 0 Å². The normalized spacial score (nSPS) is 22.9. The summed E-state index contributed by atoms with van der Waals surface area (Å²) >= 11 is 0. The van der Waals surface area contributed by atoms with Gasteiger partial charge in [0.25, 0.3) is 0 Å². The molecule has 2 aromatic rings. The van der Waals surface area contributed by atoms with Crippen LogP contribution in [0.2, 0.25) is 0 Å². The molecule has 2 aromatic carbocycles. The van der Waals surface area contributed by atoms with E-state index in [2.05, 4.69) is 4.90 Å². The molecule has 1 N–H and O–H groups in total. The summed E-state index contributed by atoms with van der Waals surface area (Å²) < 4.78 is 42.2. The first-order chi connectivity index (χ1) is 17.3. The molecule has 2 aliphatic heterocycles. The van der Waals surface area contributed by atoms with Gasteiger partial charge in [-0.05, 0) is 80.6 Å². The summed E-state index contributed by atoms with van der Waals surface area (Å²) in [5, 5.41) is 9.36. The van der Waals surface area contributed by atoms with E-state index in [1.807, 2.05) is 11.0 Å². The summed E-state index contributed by atoms with van der Waals surface area (Å²) in [5.41, 5.74) is 2.06. The number of unbranched alkanes of at least 4 members (excludes halogenated alkanes) is 3. The zero-order valence-corrected chi connectivity index (χ0v) is 21.1. The van der Waals surface area contributed by atoms with Gasteiger partial charge in [0.2, 0.25) is 5.91 Å². The molecule has 0 spiro atoms. The number of carbonyl (C=O) groups excluding carboxylic acids is 1. The number of benzene rings is 2. The number of phenolic OH excluding ortho intramolecular Hbond substituents is 1. The smallest absolute Gasteiger partial charge is 0.226 e. The molecule has 0 bridgehead atoms. The number of nitrogens with zero attached hydrogens (tertiary/aromatic N) is 2. The molecule has 0 aliphatic carbocycles. The van der Waals surface area contributed by atoms with Gasteiger partial charge in [-0.3, -0.25) is 4.79 Å². The minimum atomic E-state index is -1.05. The van der Waals surface area contributed by atoms with Crippen LogP contribution in [0.25, 0.3) is 0 Å². The van der Waals surface area contributed by atoms with Crippen molar-refractivity contribution in [2.45, 2.75) is 70.5 Å². The number of piperidine rings is 1. The number of aryl methyl sites for hydroxylation is 1. The Kier molecular flexibility index (Phi) is 8.94. The van der Waals surface area contributed by atoms with Crippen LogP contribution < -0.4 is 0 Å². The van der Waals surface area contributed by atoms with Crippen molar-refractivity contribution in [2.75, 3.05) is 26.2 Å². The second kappa shape index (κ2) is 12.1. The van der Waals surface area contributed by atoms with Crippen molar-refractivity contribution in [1.82, 2.24) is 9.80 Å². The Bertz CT molecular complexity index is 1050. The number of carbonyl (C=O) groups is 1. The van der Waals surface area contributed by atoms with Gasteiger partial charge in [-0.25, -0.2) is 13.2 Å². The van der Waals surface area contributed by atoms with Gasteiger partial charge in [-0.1, -0.05) is 37.5 Å². The van der Waals surface area contributed by atoms with E-state index in [1.54, 1.807) is 19.1 Å². The van der Waals surface area contributed by atoms with Crippen LogP contribution >= 0.6 is 0 Å². The van der Waals surface area contributed by atoms with Gasteiger partial charge in [-0.15, -0.1) is 0 Å². The maximum atomic E-state index is 14.8. The van der Waals surface area contributed by atoms with E-state index in [9.17, 15) is 23.1 Å². The van der Waals surface area contributed by atoms with E-state index in [0.717, 1.165) is 63.7 Å². The third-order valence-corrected chi connectivity index (χ3v) is 7.82. The number of rotatable bonds is 10. The fraction of sp³-hybridized carbons (Fsp3) is 0.552. The van der Waals surface area contributed by atoms with Crippen molar-refractivity contribution in [3.8, 4) is 5.75 Å². The van der Waals surface area contributed by atoms with Crippen molar-refractivity contribution >= 4 is 5.91 Å². The molecule has 1 amide bonds. The topological polar surface area (TPSA) is 43.8 Å². The zero-order chi connectivity index (χ0) is 25.7. The number of aromatic hydroxyl groups is 1. The lowest BCUT2D eigenvalue weighted by Gasteiger charge is -2.35. The van der Waals surface area contributed by atoms with Crippen molar-refractivity contribution < 1.29 is 23.1 Å². The molecule has 0 aromatic heterocycles. The minimum absolute atomic E-state index is 0.0661. The Labute approximate surface area is 212 Å². The van der Waals surface area contributed by atoms with Gasteiger partial charge in [0.05, 0.1) is 0 Å². The molecule has 196 valence electrons.